The molecular formula is C19H24N2O2. The van der Waals surface area contributed by atoms with Gasteiger partial charge in [0.2, 0.25) is 0 Å². The lowest BCUT2D eigenvalue weighted by molar-refractivity contribution is 0.0753. The van der Waals surface area contributed by atoms with Gasteiger partial charge < -0.3 is 15.1 Å². The number of carbonyl (C=O) groups excluding carboxylic acids is 1. The van der Waals surface area contributed by atoms with Crippen LogP contribution in [0.2, 0.25) is 0 Å². The molecule has 3 rings (SSSR count). The molecule has 0 radical (unpaired) electrons. The van der Waals surface area contributed by atoms with Crippen molar-refractivity contribution in [3.05, 3.63) is 59.0 Å². The smallest absolute Gasteiger partial charge is 0.289 e. The standard InChI is InChI=1S/C19H24N2O2/c1-3-17-13(2)9-18(23-17)19(22)21-11-15(10-20)16(12-21)14-7-5-4-6-8-14/h4-9,15-16H,3,10-12,20H2,1-2H3/t15-,16+/m1/s1. The second kappa shape index (κ2) is 6.59. The van der Waals surface area contributed by atoms with E-state index in [1.165, 1.54) is 5.56 Å². The van der Waals surface area contributed by atoms with Gasteiger partial charge in [-0.25, -0.2) is 0 Å². The van der Waals surface area contributed by atoms with Crippen molar-refractivity contribution in [2.45, 2.75) is 26.2 Å². The van der Waals surface area contributed by atoms with Crippen LogP contribution >= 0.6 is 0 Å². The second-order valence-corrected chi connectivity index (χ2v) is 6.29. The number of amides is 1. The molecule has 122 valence electrons. The van der Waals surface area contributed by atoms with Gasteiger partial charge >= 0.3 is 0 Å². The number of rotatable bonds is 4. The fourth-order valence-corrected chi connectivity index (χ4v) is 3.49. The first-order valence-corrected chi connectivity index (χ1v) is 8.27. The van der Waals surface area contributed by atoms with Crippen LogP contribution in [0.1, 0.15) is 40.3 Å². The van der Waals surface area contributed by atoms with Crippen LogP contribution in [-0.2, 0) is 6.42 Å². The number of likely N-dealkylation sites (tertiary alicyclic amines) is 1. The molecule has 4 nitrogen and oxygen atoms in total. The van der Waals surface area contributed by atoms with E-state index < -0.39 is 0 Å². The lowest BCUT2D eigenvalue weighted by Crippen LogP contribution is -2.29. The molecule has 23 heavy (non-hydrogen) atoms. The fraction of sp³-hybridized carbons (Fsp3) is 0.421. The Bertz CT molecular complexity index is 678. The molecule has 2 aromatic rings. The van der Waals surface area contributed by atoms with Crippen molar-refractivity contribution in [2.24, 2.45) is 11.7 Å². The summed E-state index contributed by atoms with van der Waals surface area (Å²) in [7, 11) is 0. The number of hydrogen-bond donors (Lipinski definition) is 1. The van der Waals surface area contributed by atoms with Crippen LogP contribution < -0.4 is 5.73 Å². The number of nitrogens with zero attached hydrogens (tertiary/aromatic N) is 1. The van der Waals surface area contributed by atoms with Crippen molar-refractivity contribution in [3.8, 4) is 0 Å². The van der Waals surface area contributed by atoms with Gasteiger partial charge in [-0.3, -0.25) is 4.79 Å². The van der Waals surface area contributed by atoms with E-state index in [9.17, 15) is 4.79 Å². The van der Waals surface area contributed by atoms with Crippen molar-refractivity contribution in [1.29, 1.82) is 0 Å². The number of furan rings is 1. The van der Waals surface area contributed by atoms with Crippen molar-refractivity contribution in [2.75, 3.05) is 19.6 Å². The van der Waals surface area contributed by atoms with E-state index in [1.54, 1.807) is 0 Å². The van der Waals surface area contributed by atoms with Gasteiger partial charge in [-0.05, 0) is 36.6 Å². The molecule has 1 amide bonds. The van der Waals surface area contributed by atoms with Crippen molar-refractivity contribution in [3.63, 3.8) is 0 Å². The summed E-state index contributed by atoms with van der Waals surface area (Å²) in [5.74, 6) is 1.91. The molecular weight excluding hydrogens is 288 g/mol. The molecule has 0 spiro atoms. The Balaban J connectivity index is 1.80. The monoisotopic (exact) mass is 312 g/mol. The normalized spacial score (nSPS) is 20.9. The Morgan fingerprint density at radius 2 is 2.04 bits per heavy atom. The minimum Gasteiger partial charge on any atom is -0.456 e. The van der Waals surface area contributed by atoms with Crippen LogP contribution in [0.5, 0.6) is 0 Å². The molecule has 1 aliphatic rings. The van der Waals surface area contributed by atoms with E-state index in [1.807, 2.05) is 43.0 Å². The lowest BCUT2D eigenvalue weighted by atomic mass is 9.89. The Kier molecular flexibility index (Phi) is 4.53. The molecule has 1 aliphatic heterocycles. The third kappa shape index (κ3) is 3.04. The number of aryl methyl sites for hydroxylation is 2. The van der Waals surface area contributed by atoms with Crippen LogP contribution in [0.4, 0.5) is 0 Å². The van der Waals surface area contributed by atoms with E-state index in [-0.39, 0.29) is 5.91 Å². The van der Waals surface area contributed by atoms with Crippen molar-refractivity contribution < 1.29 is 9.21 Å². The molecule has 0 bridgehead atoms. The average molecular weight is 312 g/mol. The maximum Gasteiger partial charge on any atom is 0.289 e. The van der Waals surface area contributed by atoms with E-state index >= 15 is 0 Å². The summed E-state index contributed by atoms with van der Waals surface area (Å²) in [6.45, 7) is 5.99. The highest BCUT2D eigenvalue weighted by Gasteiger charge is 2.36. The quantitative estimate of drug-likeness (QED) is 0.944. The van der Waals surface area contributed by atoms with Gasteiger partial charge in [-0.15, -0.1) is 0 Å². The van der Waals surface area contributed by atoms with Gasteiger partial charge in [0, 0.05) is 25.4 Å². The van der Waals surface area contributed by atoms with Gasteiger partial charge in [-0.1, -0.05) is 37.3 Å². The first-order chi connectivity index (χ1) is 11.1. The highest BCUT2D eigenvalue weighted by molar-refractivity contribution is 5.92. The van der Waals surface area contributed by atoms with Gasteiger partial charge in [0.1, 0.15) is 5.76 Å². The number of benzene rings is 1. The molecule has 2 N–H and O–H groups in total. The first-order valence-electron chi connectivity index (χ1n) is 8.27. The minimum atomic E-state index is -0.0234. The predicted octanol–water partition coefficient (Wildman–Crippen LogP) is 2.96. The van der Waals surface area contributed by atoms with E-state index in [0.717, 1.165) is 17.7 Å². The Hall–Kier alpha value is -2.07. The molecule has 1 fully saturated rings. The minimum absolute atomic E-state index is 0.0234. The maximum absolute atomic E-state index is 12.8. The second-order valence-electron chi connectivity index (χ2n) is 6.29. The summed E-state index contributed by atoms with van der Waals surface area (Å²) < 4.78 is 5.73. The number of carbonyl (C=O) groups is 1. The van der Waals surface area contributed by atoms with E-state index in [0.29, 0.717) is 37.2 Å². The van der Waals surface area contributed by atoms with Crippen molar-refractivity contribution in [1.82, 2.24) is 4.90 Å². The average Bonchev–Trinajstić information content (AvgIpc) is 3.18. The summed E-state index contributed by atoms with van der Waals surface area (Å²) in [6, 6.07) is 12.2. The Labute approximate surface area is 137 Å². The van der Waals surface area contributed by atoms with Gasteiger partial charge in [0.25, 0.3) is 5.91 Å². The number of nitrogens with two attached hydrogens (primary N) is 1. The summed E-state index contributed by atoms with van der Waals surface area (Å²) >= 11 is 0. The zero-order chi connectivity index (χ0) is 16.4. The van der Waals surface area contributed by atoms with Crippen LogP contribution in [0, 0.1) is 12.8 Å². The molecule has 4 heteroatoms. The van der Waals surface area contributed by atoms with Crippen LogP contribution in [0.3, 0.4) is 0 Å². The maximum atomic E-state index is 12.8. The zero-order valence-electron chi connectivity index (χ0n) is 13.8. The van der Waals surface area contributed by atoms with Crippen molar-refractivity contribution >= 4 is 5.91 Å². The predicted molar refractivity (Wildman–Crippen MR) is 90.5 cm³/mol. The Morgan fingerprint density at radius 1 is 1.30 bits per heavy atom. The molecule has 0 unspecified atom stereocenters. The van der Waals surface area contributed by atoms with Crippen LogP contribution in [0.15, 0.2) is 40.8 Å². The Morgan fingerprint density at radius 3 is 2.65 bits per heavy atom. The fourth-order valence-electron chi connectivity index (χ4n) is 3.49. The first kappa shape index (κ1) is 15.8. The number of hydrogen-bond acceptors (Lipinski definition) is 3. The van der Waals surface area contributed by atoms with Crippen LogP contribution in [0.25, 0.3) is 0 Å². The van der Waals surface area contributed by atoms with Crippen LogP contribution in [-0.4, -0.2) is 30.4 Å². The van der Waals surface area contributed by atoms with E-state index in [4.69, 9.17) is 10.2 Å². The highest BCUT2D eigenvalue weighted by Crippen LogP contribution is 2.33. The zero-order valence-corrected chi connectivity index (χ0v) is 13.8. The van der Waals surface area contributed by atoms with E-state index in [2.05, 4.69) is 12.1 Å². The summed E-state index contributed by atoms with van der Waals surface area (Å²) in [6.07, 6.45) is 0.803. The third-order valence-corrected chi connectivity index (χ3v) is 4.81. The summed E-state index contributed by atoms with van der Waals surface area (Å²) in [4.78, 5) is 14.6. The molecule has 1 saturated heterocycles. The molecule has 1 aromatic heterocycles. The molecule has 1 aromatic carbocycles. The van der Waals surface area contributed by atoms with Gasteiger partial charge in [-0.2, -0.15) is 0 Å². The topological polar surface area (TPSA) is 59.5 Å². The largest absolute Gasteiger partial charge is 0.456 e. The molecule has 2 atom stereocenters. The summed E-state index contributed by atoms with van der Waals surface area (Å²) in [5, 5.41) is 0. The third-order valence-electron chi connectivity index (χ3n) is 4.81. The van der Waals surface area contributed by atoms with Gasteiger partial charge in [0.05, 0.1) is 0 Å². The van der Waals surface area contributed by atoms with Gasteiger partial charge in [0.15, 0.2) is 5.76 Å². The molecule has 2 heterocycles. The molecule has 0 aliphatic carbocycles. The molecule has 0 saturated carbocycles. The lowest BCUT2D eigenvalue weighted by Gasteiger charge is -2.16. The SMILES string of the molecule is CCc1oc(C(=O)N2C[C@@H](CN)[C@H](c3ccccc3)C2)cc1C. The summed E-state index contributed by atoms with van der Waals surface area (Å²) in [5.41, 5.74) is 8.25. The highest BCUT2D eigenvalue weighted by atomic mass is 16.4.